The van der Waals surface area contributed by atoms with Crippen molar-refractivity contribution in [3.8, 4) is 0 Å². The maximum Gasteiger partial charge on any atom is 0.222 e. The van der Waals surface area contributed by atoms with Crippen molar-refractivity contribution in [2.24, 2.45) is 11.1 Å². The summed E-state index contributed by atoms with van der Waals surface area (Å²) in [4.78, 5) is 14.2. The zero-order chi connectivity index (χ0) is 15.2. The van der Waals surface area contributed by atoms with Crippen LogP contribution >= 0.6 is 12.4 Å². The minimum atomic E-state index is -0.0289. The van der Waals surface area contributed by atoms with Crippen LogP contribution in [0.15, 0.2) is 30.3 Å². The highest BCUT2D eigenvalue weighted by Gasteiger charge is 2.23. The lowest BCUT2D eigenvalue weighted by Crippen LogP contribution is -2.40. The summed E-state index contributed by atoms with van der Waals surface area (Å²) in [6, 6.07) is 10.3. The van der Waals surface area contributed by atoms with Crippen LogP contribution in [-0.2, 0) is 4.79 Å². The molecule has 0 aliphatic carbocycles. The molecule has 1 rings (SSSR count). The Balaban J connectivity index is 0.00000400. The third-order valence-corrected chi connectivity index (χ3v) is 3.83. The van der Waals surface area contributed by atoms with Gasteiger partial charge in [-0.3, -0.25) is 4.79 Å². The number of carbonyl (C=O) groups is 1. The summed E-state index contributed by atoms with van der Waals surface area (Å²) in [6.45, 7) is 7.60. The lowest BCUT2D eigenvalue weighted by Gasteiger charge is -2.30. The molecule has 2 N–H and O–H groups in total. The molecule has 3 nitrogen and oxygen atoms in total. The van der Waals surface area contributed by atoms with E-state index in [0.717, 1.165) is 6.42 Å². The van der Waals surface area contributed by atoms with E-state index in [0.29, 0.717) is 25.4 Å². The number of halogens is 1. The van der Waals surface area contributed by atoms with Crippen molar-refractivity contribution < 1.29 is 4.79 Å². The molecule has 21 heavy (non-hydrogen) atoms. The molecule has 0 spiro atoms. The smallest absolute Gasteiger partial charge is 0.222 e. The predicted molar refractivity (Wildman–Crippen MR) is 91.8 cm³/mol. The molecule has 120 valence electrons. The van der Waals surface area contributed by atoms with Crippen molar-refractivity contribution in [1.82, 2.24) is 4.90 Å². The molecule has 0 aromatic heterocycles. The van der Waals surface area contributed by atoms with Crippen molar-refractivity contribution >= 4 is 18.3 Å². The van der Waals surface area contributed by atoms with E-state index in [1.54, 1.807) is 0 Å². The van der Waals surface area contributed by atoms with E-state index < -0.39 is 0 Å². The highest BCUT2D eigenvalue weighted by molar-refractivity contribution is 5.85. The number of hydrogen-bond donors (Lipinski definition) is 1. The lowest BCUT2D eigenvalue weighted by molar-refractivity contribution is -0.131. The molecule has 0 aliphatic heterocycles. The molecular formula is C17H29ClN2O. The Kier molecular flexibility index (Phi) is 8.60. The fraction of sp³-hybridized carbons (Fsp3) is 0.588. The van der Waals surface area contributed by atoms with Crippen LogP contribution in [-0.4, -0.2) is 30.9 Å². The molecule has 0 bridgehead atoms. The summed E-state index contributed by atoms with van der Waals surface area (Å²) in [5.74, 6) is 0.495. The Labute approximate surface area is 135 Å². The van der Waals surface area contributed by atoms with Crippen molar-refractivity contribution in [1.29, 1.82) is 0 Å². The summed E-state index contributed by atoms with van der Waals surface area (Å²) >= 11 is 0. The van der Waals surface area contributed by atoms with Gasteiger partial charge in [0, 0.05) is 20.0 Å². The molecule has 0 saturated carbocycles. The first-order valence-corrected chi connectivity index (χ1v) is 7.38. The Morgan fingerprint density at radius 1 is 1.29 bits per heavy atom. The fourth-order valence-corrected chi connectivity index (χ4v) is 2.38. The molecule has 1 unspecified atom stereocenters. The van der Waals surface area contributed by atoms with E-state index in [1.165, 1.54) is 5.56 Å². The number of carbonyl (C=O) groups excluding carboxylic acids is 1. The van der Waals surface area contributed by atoms with Crippen LogP contribution in [0.2, 0.25) is 0 Å². The second-order valence-corrected chi connectivity index (χ2v) is 6.34. The molecule has 0 heterocycles. The lowest BCUT2D eigenvalue weighted by atomic mass is 9.91. The minimum Gasteiger partial charge on any atom is -0.345 e. The van der Waals surface area contributed by atoms with Crippen LogP contribution in [0, 0.1) is 5.41 Å². The van der Waals surface area contributed by atoms with Gasteiger partial charge in [-0.05, 0) is 29.9 Å². The molecule has 1 aromatic rings. The Hall–Kier alpha value is -1.06. The first-order valence-electron chi connectivity index (χ1n) is 7.38. The number of rotatable bonds is 7. The van der Waals surface area contributed by atoms with Crippen LogP contribution in [0.25, 0.3) is 0 Å². The van der Waals surface area contributed by atoms with Crippen LogP contribution in [0.3, 0.4) is 0 Å². The van der Waals surface area contributed by atoms with Gasteiger partial charge in [0.1, 0.15) is 0 Å². The average molecular weight is 313 g/mol. The molecule has 1 atom stereocenters. The monoisotopic (exact) mass is 312 g/mol. The molecule has 4 heteroatoms. The highest BCUT2D eigenvalue weighted by atomic mass is 35.5. The van der Waals surface area contributed by atoms with Gasteiger partial charge >= 0.3 is 0 Å². The van der Waals surface area contributed by atoms with Gasteiger partial charge in [0.15, 0.2) is 0 Å². The van der Waals surface area contributed by atoms with E-state index in [1.807, 2.05) is 30.1 Å². The topological polar surface area (TPSA) is 46.3 Å². The number of nitrogens with zero attached hydrogens (tertiary/aromatic N) is 1. The first kappa shape index (κ1) is 19.9. The fourth-order valence-electron chi connectivity index (χ4n) is 2.38. The molecule has 0 saturated heterocycles. The van der Waals surface area contributed by atoms with Crippen LogP contribution in [0.5, 0.6) is 0 Å². The molecule has 0 aliphatic rings. The normalized spacial score (nSPS) is 12.4. The zero-order valence-electron chi connectivity index (χ0n) is 13.6. The van der Waals surface area contributed by atoms with Gasteiger partial charge in [0.05, 0.1) is 0 Å². The minimum absolute atomic E-state index is 0. The highest BCUT2D eigenvalue weighted by Crippen LogP contribution is 2.24. The second-order valence-electron chi connectivity index (χ2n) is 6.34. The summed E-state index contributed by atoms with van der Waals surface area (Å²) in [7, 11) is 1.87. The van der Waals surface area contributed by atoms with Crippen molar-refractivity contribution in [2.45, 2.75) is 39.5 Å². The van der Waals surface area contributed by atoms with E-state index >= 15 is 0 Å². The van der Waals surface area contributed by atoms with Gasteiger partial charge < -0.3 is 10.6 Å². The van der Waals surface area contributed by atoms with E-state index in [2.05, 4.69) is 32.9 Å². The number of hydrogen-bond acceptors (Lipinski definition) is 2. The number of amides is 1. The molecule has 1 aromatic carbocycles. The molecule has 1 amide bonds. The first-order chi connectivity index (χ1) is 9.39. The predicted octanol–water partition coefficient (Wildman–Crippen LogP) is 3.44. The van der Waals surface area contributed by atoms with Crippen molar-refractivity contribution in [3.63, 3.8) is 0 Å². The van der Waals surface area contributed by atoms with Gasteiger partial charge in [-0.2, -0.15) is 0 Å². The third kappa shape index (κ3) is 6.49. The van der Waals surface area contributed by atoms with Gasteiger partial charge in [-0.15, -0.1) is 12.4 Å². The number of benzene rings is 1. The third-order valence-electron chi connectivity index (χ3n) is 3.83. The standard InChI is InChI=1S/C17H28N2O.ClH/c1-5-14(15-9-7-6-8-10-15)11-16(20)19(4)13-17(2,3)12-18;/h6-10,14H,5,11-13,18H2,1-4H3;1H. The molecule has 0 radical (unpaired) electrons. The van der Waals surface area contributed by atoms with Crippen molar-refractivity contribution in [2.75, 3.05) is 20.1 Å². The van der Waals surface area contributed by atoms with Crippen molar-refractivity contribution in [3.05, 3.63) is 35.9 Å². The Morgan fingerprint density at radius 2 is 1.86 bits per heavy atom. The van der Waals surface area contributed by atoms with E-state index in [9.17, 15) is 4.79 Å². The Morgan fingerprint density at radius 3 is 2.33 bits per heavy atom. The van der Waals surface area contributed by atoms with Crippen LogP contribution in [0.1, 0.15) is 45.1 Å². The van der Waals surface area contributed by atoms with Crippen LogP contribution in [0.4, 0.5) is 0 Å². The summed E-state index contributed by atoms with van der Waals surface area (Å²) in [5.41, 5.74) is 6.95. The van der Waals surface area contributed by atoms with Gasteiger partial charge in [-0.1, -0.05) is 51.1 Å². The Bertz CT molecular complexity index is 420. The summed E-state index contributed by atoms with van der Waals surface area (Å²) < 4.78 is 0. The maximum atomic E-state index is 12.4. The van der Waals surface area contributed by atoms with Crippen LogP contribution < -0.4 is 5.73 Å². The summed E-state index contributed by atoms with van der Waals surface area (Å²) in [6.07, 6.45) is 1.54. The second kappa shape index (κ2) is 9.06. The van der Waals surface area contributed by atoms with E-state index in [4.69, 9.17) is 5.73 Å². The molecular weight excluding hydrogens is 284 g/mol. The summed E-state index contributed by atoms with van der Waals surface area (Å²) in [5, 5.41) is 0. The maximum absolute atomic E-state index is 12.4. The van der Waals surface area contributed by atoms with Gasteiger partial charge in [-0.25, -0.2) is 0 Å². The molecule has 0 fully saturated rings. The number of nitrogens with two attached hydrogens (primary N) is 1. The zero-order valence-corrected chi connectivity index (χ0v) is 14.5. The quantitative estimate of drug-likeness (QED) is 0.838. The van der Waals surface area contributed by atoms with E-state index in [-0.39, 0.29) is 23.7 Å². The SMILES string of the molecule is CCC(CC(=O)N(C)CC(C)(C)CN)c1ccccc1.Cl. The largest absolute Gasteiger partial charge is 0.345 e. The average Bonchev–Trinajstić information content (AvgIpc) is 2.44. The van der Waals surface area contributed by atoms with Gasteiger partial charge in [0.2, 0.25) is 5.91 Å². The van der Waals surface area contributed by atoms with Gasteiger partial charge in [0.25, 0.3) is 0 Å².